The number of furan rings is 1. The van der Waals surface area contributed by atoms with E-state index >= 15 is 0 Å². The van der Waals surface area contributed by atoms with Crippen molar-refractivity contribution in [2.75, 3.05) is 26.3 Å². The highest BCUT2D eigenvalue weighted by molar-refractivity contribution is 5.80. The Labute approximate surface area is 178 Å². The second-order valence-electron chi connectivity index (χ2n) is 6.95. The first-order valence-corrected chi connectivity index (χ1v) is 10.5. The SMILES string of the molecule is CCOCCCN=C(NCCc1ccco1)NC(C)c1cccc(-n2cccn2)c1. The molecule has 0 spiro atoms. The third-order valence-corrected chi connectivity index (χ3v) is 4.66. The lowest BCUT2D eigenvalue weighted by atomic mass is 10.1. The van der Waals surface area contributed by atoms with Crippen molar-refractivity contribution in [3.05, 3.63) is 72.4 Å². The smallest absolute Gasteiger partial charge is 0.191 e. The fraction of sp³-hybridized carbons (Fsp3) is 0.391. The molecule has 0 aliphatic heterocycles. The van der Waals surface area contributed by atoms with Crippen LogP contribution in [0.15, 0.2) is 70.5 Å². The largest absolute Gasteiger partial charge is 0.469 e. The van der Waals surface area contributed by atoms with Gasteiger partial charge in [-0.2, -0.15) is 5.10 Å². The van der Waals surface area contributed by atoms with Crippen molar-refractivity contribution in [1.82, 2.24) is 20.4 Å². The summed E-state index contributed by atoms with van der Waals surface area (Å²) >= 11 is 0. The Balaban J connectivity index is 1.61. The zero-order valence-corrected chi connectivity index (χ0v) is 17.8. The molecule has 7 heteroatoms. The van der Waals surface area contributed by atoms with Crippen LogP contribution < -0.4 is 10.6 Å². The molecule has 2 N–H and O–H groups in total. The first-order chi connectivity index (χ1) is 14.8. The Kier molecular flexibility index (Phi) is 8.53. The molecule has 0 bridgehead atoms. The van der Waals surface area contributed by atoms with Crippen LogP contribution >= 0.6 is 0 Å². The van der Waals surface area contributed by atoms with Gasteiger partial charge in [-0.05, 0) is 56.2 Å². The molecule has 3 aromatic rings. The normalized spacial score (nSPS) is 12.7. The maximum atomic E-state index is 5.41. The van der Waals surface area contributed by atoms with Crippen molar-refractivity contribution in [3.63, 3.8) is 0 Å². The van der Waals surface area contributed by atoms with Crippen LogP contribution in [0.3, 0.4) is 0 Å². The van der Waals surface area contributed by atoms with Crippen molar-refractivity contribution >= 4 is 5.96 Å². The molecule has 0 aliphatic carbocycles. The van der Waals surface area contributed by atoms with E-state index in [4.69, 9.17) is 14.1 Å². The second-order valence-corrected chi connectivity index (χ2v) is 6.95. The number of ether oxygens (including phenoxy) is 1. The van der Waals surface area contributed by atoms with Crippen LogP contribution in [0.4, 0.5) is 0 Å². The lowest BCUT2D eigenvalue weighted by Gasteiger charge is -2.19. The predicted octanol–water partition coefficient (Wildman–Crippen LogP) is 3.73. The van der Waals surface area contributed by atoms with E-state index in [9.17, 15) is 0 Å². The van der Waals surface area contributed by atoms with E-state index in [1.807, 2.05) is 48.1 Å². The number of hydrogen-bond acceptors (Lipinski definition) is 4. The van der Waals surface area contributed by atoms with Gasteiger partial charge in [0, 0.05) is 45.1 Å². The maximum absolute atomic E-state index is 5.41. The van der Waals surface area contributed by atoms with Crippen LogP contribution in [-0.4, -0.2) is 42.0 Å². The number of nitrogens with zero attached hydrogens (tertiary/aromatic N) is 3. The topological polar surface area (TPSA) is 76.6 Å². The second kappa shape index (κ2) is 11.8. The number of aliphatic imine (C=N–C) groups is 1. The fourth-order valence-electron chi connectivity index (χ4n) is 3.06. The van der Waals surface area contributed by atoms with Crippen LogP contribution in [0.2, 0.25) is 0 Å². The molecule has 0 amide bonds. The van der Waals surface area contributed by atoms with Gasteiger partial charge in [0.25, 0.3) is 0 Å². The lowest BCUT2D eigenvalue weighted by molar-refractivity contribution is 0.146. The van der Waals surface area contributed by atoms with Crippen molar-refractivity contribution in [2.24, 2.45) is 4.99 Å². The van der Waals surface area contributed by atoms with Gasteiger partial charge in [0.15, 0.2) is 5.96 Å². The maximum Gasteiger partial charge on any atom is 0.191 e. The first-order valence-electron chi connectivity index (χ1n) is 10.5. The minimum Gasteiger partial charge on any atom is -0.469 e. The highest BCUT2D eigenvalue weighted by Gasteiger charge is 2.10. The Morgan fingerprint density at radius 1 is 1.27 bits per heavy atom. The summed E-state index contributed by atoms with van der Waals surface area (Å²) in [5.41, 5.74) is 2.20. The molecule has 160 valence electrons. The summed E-state index contributed by atoms with van der Waals surface area (Å²) in [6, 6.07) is 14.2. The molecule has 1 atom stereocenters. The van der Waals surface area contributed by atoms with Gasteiger partial charge in [0.05, 0.1) is 18.0 Å². The Bertz CT molecular complexity index is 875. The van der Waals surface area contributed by atoms with Crippen molar-refractivity contribution in [1.29, 1.82) is 0 Å². The summed E-state index contributed by atoms with van der Waals surface area (Å²) in [4.78, 5) is 4.72. The lowest BCUT2D eigenvalue weighted by Crippen LogP contribution is -2.40. The molecule has 2 heterocycles. The van der Waals surface area contributed by atoms with Gasteiger partial charge >= 0.3 is 0 Å². The summed E-state index contributed by atoms with van der Waals surface area (Å²) in [5.74, 6) is 1.74. The number of hydrogen-bond donors (Lipinski definition) is 2. The molecule has 3 rings (SSSR count). The molecule has 30 heavy (non-hydrogen) atoms. The van der Waals surface area contributed by atoms with Crippen molar-refractivity contribution < 1.29 is 9.15 Å². The Morgan fingerprint density at radius 3 is 2.97 bits per heavy atom. The van der Waals surface area contributed by atoms with Gasteiger partial charge in [-0.25, -0.2) is 4.68 Å². The third-order valence-electron chi connectivity index (χ3n) is 4.66. The van der Waals surface area contributed by atoms with E-state index < -0.39 is 0 Å². The van der Waals surface area contributed by atoms with Crippen LogP contribution in [0.25, 0.3) is 5.69 Å². The monoisotopic (exact) mass is 409 g/mol. The molecule has 0 aliphatic rings. The van der Waals surface area contributed by atoms with E-state index in [2.05, 4.69) is 34.8 Å². The first kappa shape index (κ1) is 21.6. The standard InChI is InChI=1S/C23H31N5O2/c1-3-29-16-7-12-24-23(25-14-11-22-10-5-17-30-22)27-19(2)20-8-4-9-21(18-20)28-15-6-13-26-28/h4-6,8-10,13,15,17-19H,3,7,11-12,14,16H2,1-2H3,(H2,24,25,27). The molecule has 0 saturated carbocycles. The predicted molar refractivity (Wildman–Crippen MR) is 119 cm³/mol. The fourth-order valence-corrected chi connectivity index (χ4v) is 3.06. The summed E-state index contributed by atoms with van der Waals surface area (Å²) in [7, 11) is 0. The number of aromatic nitrogens is 2. The Morgan fingerprint density at radius 2 is 2.20 bits per heavy atom. The van der Waals surface area contributed by atoms with Crippen LogP contribution in [0, 0.1) is 0 Å². The van der Waals surface area contributed by atoms with Crippen LogP contribution in [0.5, 0.6) is 0 Å². The highest BCUT2D eigenvalue weighted by Crippen LogP contribution is 2.16. The summed E-state index contributed by atoms with van der Waals surface area (Å²) in [6.07, 6.45) is 7.12. The van der Waals surface area contributed by atoms with E-state index in [0.29, 0.717) is 6.54 Å². The molecule has 1 unspecified atom stereocenters. The minimum absolute atomic E-state index is 0.0854. The van der Waals surface area contributed by atoms with E-state index in [0.717, 1.165) is 55.6 Å². The summed E-state index contributed by atoms with van der Waals surface area (Å²) in [6.45, 7) is 7.04. The third kappa shape index (κ3) is 6.77. The average molecular weight is 410 g/mol. The zero-order chi connectivity index (χ0) is 21.0. The van der Waals surface area contributed by atoms with Crippen molar-refractivity contribution in [3.8, 4) is 5.69 Å². The van der Waals surface area contributed by atoms with Crippen molar-refractivity contribution in [2.45, 2.75) is 32.7 Å². The molecule has 2 aromatic heterocycles. The molecule has 0 fully saturated rings. The molecular weight excluding hydrogens is 378 g/mol. The van der Waals surface area contributed by atoms with Gasteiger partial charge in [-0.15, -0.1) is 0 Å². The average Bonchev–Trinajstić information content (AvgIpc) is 3.48. The molecular formula is C23H31N5O2. The van der Waals surface area contributed by atoms with Crippen LogP contribution in [0.1, 0.15) is 37.6 Å². The highest BCUT2D eigenvalue weighted by atomic mass is 16.5. The quantitative estimate of drug-likeness (QED) is 0.287. The molecule has 1 aromatic carbocycles. The number of rotatable bonds is 11. The van der Waals surface area contributed by atoms with E-state index in [1.165, 1.54) is 0 Å². The van der Waals surface area contributed by atoms with Gasteiger partial charge in [0.2, 0.25) is 0 Å². The molecule has 0 saturated heterocycles. The van der Waals surface area contributed by atoms with E-state index in [1.54, 1.807) is 12.5 Å². The zero-order valence-electron chi connectivity index (χ0n) is 17.8. The summed E-state index contributed by atoms with van der Waals surface area (Å²) in [5, 5.41) is 11.2. The number of nitrogens with one attached hydrogen (secondary N) is 2. The van der Waals surface area contributed by atoms with Gasteiger partial charge in [-0.3, -0.25) is 4.99 Å². The summed E-state index contributed by atoms with van der Waals surface area (Å²) < 4.78 is 12.7. The Hall–Kier alpha value is -3.06. The molecule has 7 nitrogen and oxygen atoms in total. The number of benzene rings is 1. The molecule has 0 radical (unpaired) electrons. The van der Waals surface area contributed by atoms with Gasteiger partial charge < -0.3 is 19.8 Å². The van der Waals surface area contributed by atoms with Gasteiger partial charge in [0.1, 0.15) is 5.76 Å². The van der Waals surface area contributed by atoms with Gasteiger partial charge in [-0.1, -0.05) is 12.1 Å². The van der Waals surface area contributed by atoms with E-state index in [-0.39, 0.29) is 6.04 Å². The van der Waals surface area contributed by atoms with Crippen LogP contribution in [-0.2, 0) is 11.2 Å². The number of guanidine groups is 1. The minimum atomic E-state index is 0.0854.